The smallest absolute Gasteiger partial charge is 0.326 e. The molecule has 0 saturated carbocycles. The third-order valence-electron chi connectivity index (χ3n) is 4.70. The molecule has 1 aromatic carbocycles. The zero-order valence-electron chi connectivity index (χ0n) is 14.1. The molecule has 7 heteroatoms. The average Bonchev–Trinajstić information content (AvgIpc) is 3.29. The zero-order chi connectivity index (χ0) is 18.1. The van der Waals surface area contributed by atoms with Crippen LogP contribution in [0.2, 0.25) is 0 Å². The number of carboxylic acids is 1. The Balaban J connectivity index is 1.60. The SMILES string of the molecule is O=C(O)C1CCCN1C(=O)c1cnc2c(cnn2Cc2ccccc2)c1. The number of carboxylic acid groups (broad SMARTS) is 1. The lowest BCUT2D eigenvalue weighted by molar-refractivity contribution is -0.141. The molecule has 1 atom stereocenters. The van der Waals surface area contributed by atoms with E-state index in [1.807, 2.05) is 30.3 Å². The number of pyridine rings is 1. The fourth-order valence-electron chi connectivity index (χ4n) is 3.39. The zero-order valence-corrected chi connectivity index (χ0v) is 14.1. The summed E-state index contributed by atoms with van der Waals surface area (Å²) >= 11 is 0. The van der Waals surface area contributed by atoms with Gasteiger partial charge >= 0.3 is 5.97 Å². The molecule has 1 aliphatic heterocycles. The molecule has 1 amide bonds. The van der Waals surface area contributed by atoms with E-state index in [2.05, 4.69) is 10.1 Å². The van der Waals surface area contributed by atoms with Crippen molar-refractivity contribution in [2.45, 2.75) is 25.4 Å². The van der Waals surface area contributed by atoms with E-state index in [9.17, 15) is 14.7 Å². The fourth-order valence-corrected chi connectivity index (χ4v) is 3.39. The van der Waals surface area contributed by atoms with Crippen LogP contribution in [0.25, 0.3) is 11.0 Å². The molecule has 0 bridgehead atoms. The summed E-state index contributed by atoms with van der Waals surface area (Å²) in [6.45, 7) is 1.05. The number of carbonyl (C=O) groups excluding carboxylic acids is 1. The Hall–Kier alpha value is -3.22. The number of carbonyl (C=O) groups is 2. The molecule has 1 aliphatic rings. The van der Waals surface area contributed by atoms with E-state index in [0.29, 0.717) is 37.1 Å². The van der Waals surface area contributed by atoms with Gasteiger partial charge in [0, 0.05) is 18.1 Å². The second-order valence-electron chi connectivity index (χ2n) is 6.42. The van der Waals surface area contributed by atoms with Gasteiger partial charge in [0.1, 0.15) is 6.04 Å². The maximum atomic E-state index is 12.7. The number of hydrogen-bond acceptors (Lipinski definition) is 4. The van der Waals surface area contributed by atoms with Gasteiger partial charge < -0.3 is 10.0 Å². The summed E-state index contributed by atoms with van der Waals surface area (Å²) in [5.41, 5.74) is 2.20. The van der Waals surface area contributed by atoms with E-state index in [-0.39, 0.29) is 5.91 Å². The first-order valence-electron chi connectivity index (χ1n) is 8.53. The van der Waals surface area contributed by atoms with Crippen LogP contribution in [0.5, 0.6) is 0 Å². The molecular formula is C19H18N4O3. The molecule has 26 heavy (non-hydrogen) atoms. The van der Waals surface area contributed by atoms with Crippen LogP contribution in [0.4, 0.5) is 0 Å². The van der Waals surface area contributed by atoms with E-state index < -0.39 is 12.0 Å². The van der Waals surface area contributed by atoms with Gasteiger partial charge in [-0.2, -0.15) is 5.10 Å². The summed E-state index contributed by atoms with van der Waals surface area (Å²) < 4.78 is 1.79. The Morgan fingerprint density at radius 1 is 1.19 bits per heavy atom. The molecule has 0 radical (unpaired) electrons. The topological polar surface area (TPSA) is 88.3 Å². The summed E-state index contributed by atoms with van der Waals surface area (Å²) in [5, 5.41) is 14.4. The lowest BCUT2D eigenvalue weighted by atomic mass is 10.2. The molecule has 2 aromatic heterocycles. The molecule has 0 aliphatic carbocycles. The standard InChI is InChI=1S/C19H18N4O3/c24-18(22-8-4-7-16(22)19(25)26)15-9-14-11-21-23(17(14)20-10-15)12-13-5-2-1-3-6-13/h1-3,5-6,9-11,16H,4,7-8,12H2,(H,25,26). The van der Waals surface area contributed by atoms with Crippen molar-refractivity contribution in [2.24, 2.45) is 0 Å². The van der Waals surface area contributed by atoms with Crippen LogP contribution in [-0.2, 0) is 11.3 Å². The number of fused-ring (bicyclic) bond motifs is 1. The quantitative estimate of drug-likeness (QED) is 0.779. The van der Waals surface area contributed by atoms with E-state index in [1.54, 1.807) is 16.9 Å². The Morgan fingerprint density at radius 3 is 2.77 bits per heavy atom. The number of nitrogens with zero attached hydrogens (tertiary/aromatic N) is 4. The first kappa shape index (κ1) is 16.3. The van der Waals surface area contributed by atoms with Crippen LogP contribution < -0.4 is 0 Å². The largest absolute Gasteiger partial charge is 0.480 e. The van der Waals surface area contributed by atoms with Crippen LogP contribution in [-0.4, -0.2) is 49.2 Å². The van der Waals surface area contributed by atoms with Crippen molar-refractivity contribution in [1.29, 1.82) is 0 Å². The predicted molar refractivity (Wildman–Crippen MR) is 94.8 cm³/mol. The van der Waals surface area contributed by atoms with Gasteiger partial charge in [0.2, 0.25) is 0 Å². The van der Waals surface area contributed by atoms with Gasteiger partial charge in [-0.15, -0.1) is 0 Å². The van der Waals surface area contributed by atoms with Crippen LogP contribution >= 0.6 is 0 Å². The van der Waals surface area contributed by atoms with Crippen LogP contribution in [0, 0.1) is 0 Å². The number of aliphatic carboxylic acids is 1. The Kier molecular flexibility index (Phi) is 4.12. The molecule has 1 fully saturated rings. The van der Waals surface area contributed by atoms with Crippen molar-refractivity contribution in [3.8, 4) is 0 Å². The van der Waals surface area contributed by atoms with Crippen molar-refractivity contribution >= 4 is 22.9 Å². The fraction of sp³-hybridized carbons (Fsp3) is 0.263. The van der Waals surface area contributed by atoms with E-state index in [1.165, 1.54) is 11.1 Å². The lowest BCUT2D eigenvalue weighted by Crippen LogP contribution is -2.40. The van der Waals surface area contributed by atoms with Crippen molar-refractivity contribution in [3.63, 3.8) is 0 Å². The first-order chi connectivity index (χ1) is 12.6. The number of rotatable bonds is 4. The molecule has 1 N–H and O–H groups in total. The van der Waals surface area contributed by atoms with Crippen LogP contribution in [0.1, 0.15) is 28.8 Å². The van der Waals surface area contributed by atoms with Gasteiger partial charge in [-0.3, -0.25) is 4.79 Å². The highest BCUT2D eigenvalue weighted by Crippen LogP contribution is 2.22. The Labute approximate surface area is 149 Å². The van der Waals surface area contributed by atoms with E-state index in [4.69, 9.17) is 0 Å². The average molecular weight is 350 g/mol. The first-order valence-corrected chi connectivity index (χ1v) is 8.53. The van der Waals surface area contributed by atoms with Gasteiger partial charge in [-0.05, 0) is 24.5 Å². The van der Waals surface area contributed by atoms with Gasteiger partial charge in [0.05, 0.1) is 18.3 Å². The van der Waals surface area contributed by atoms with Crippen LogP contribution in [0.15, 0.2) is 48.8 Å². The molecule has 1 saturated heterocycles. The number of likely N-dealkylation sites (tertiary alicyclic amines) is 1. The minimum absolute atomic E-state index is 0.292. The molecule has 3 aromatic rings. The lowest BCUT2D eigenvalue weighted by Gasteiger charge is -2.21. The summed E-state index contributed by atoms with van der Waals surface area (Å²) in [5.74, 6) is -1.25. The highest BCUT2D eigenvalue weighted by Gasteiger charge is 2.34. The molecule has 0 spiro atoms. The summed E-state index contributed by atoms with van der Waals surface area (Å²) in [6, 6.07) is 10.9. The molecular weight excluding hydrogens is 332 g/mol. The van der Waals surface area contributed by atoms with E-state index >= 15 is 0 Å². The summed E-state index contributed by atoms with van der Waals surface area (Å²) in [6.07, 6.45) is 4.38. The normalized spacial score (nSPS) is 16.9. The monoisotopic (exact) mass is 350 g/mol. The van der Waals surface area contributed by atoms with Crippen molar-refractivity contribution in [3.05, 3.63) is 59.9 Å². The van der Waals surface area contributed by atoms with Crippen molar-refractivity contribution in [2.75, 3.05) is 6.54 Å². The Bertz CT molecular complexity index is 967. The maximum absolute atomic E-state index is 12.7. The molecule has 1 unspecified atom stereocenters. The molecule has 7 nitrogen and oxygen atoms in total. The van der Waals surface area contributed by atoms with Gasteiger partial charge in [-0.1, -0.05) is 30.3 Å². The Morgan fingerprint density at radius 2 is 2.00 bits per heavy atom. The minimum Gasteiger partial charge on any atom is -0.480 e. The number of aromatic nitrogens is 3. The second-order valence-corrected chi connectivity index (χ2v) is 6.42. The summed E-state index contributed by atoms with van der Waals surface area (Å²) in [4.78, 5) is 29.8. The third-order valence-corrected chi connectivity index (χ3v) is 4.70. The highest BCUT2D eigenvalue weighted by atomic mass is 16.4. The third kappa shape index (κ3) is 2.92. The second kappa shape index (κ2) is 6.59. The van der Waals surface area contributed by atoms with Crippen molar-refractivity contribution < 1.29 is 14.7 Å². The summed E-state index contributed by atoms with van der Waals surface area (Å²) in [7, 11) is 0. The van der Waals surface area contributed by atoms with Crippen molar-refractivity contribution in [1.82, 2.24) is 19.7 Å². The number of amides is 1. The van der Waals surface area contributed by atoms with Gasteiger partial charge in [-0.25, -0.2) is 14.5 Å². The number of hydrogen-bond donors (Lipinski definition) is 1. The number of benzene rings is 1. The van der Waals surface area contributed by atoms with E-state index in [0.717, 1.165) is 10.9 Å². The predicted octanol–water partition coefficient (Wildman–Crippen LogP) is 2.17. The van der Waals surface area contributed by atoms with Crippen LogP contribution in [0.3, 0.4) is 0 Å². The molecule has 4 rings (SSSR count). The minimum atomic E-state index is -0.958. The molecule has 132 valence electrons. The maximum Gasteiger partial charge on any atom is 0.326 e. The highest BCUT2D eigenvalue weighted by molar-refractivity contribution is 5.99. The molecule has 3 heterocycles. The van der Waals surface area contributed by atoms with Gasteiger partial charge in [0.25, 0.3) is 5.91 Å². The van der Waals surface area contributed by atoms with Gasteiger partial charge in [0.15, 0.2) is 5.65 Å².